The quantitative estimate of drug-likeness (QED) is 0.449. The number of carbonyl (C=O) groups excluding carboxylic acids is 3. The van der Waals surface area contributed by atoms with Crippen LogP contribution in [0, 0.1) is 0 Å². The highest BCUT2D eigenvalue weighted by Gasteiger charge is 2.43. The van der Waals surface area contributed by atoms with E-state index in [1.165, 1.54) is 20.8 Å². The van der Waals surface area contributed by atoms with Gasteiger partial charge in [0.05, 0.1) is 0 Å². The molecule has 0 aromatic heterocycles. The van der Waals surface area contributed by atoms with Gasteiger partial charge in [-0.1, -0.05) is 0 Å². The molecule has 1 saturated heterocycles. The van der Waals surface area contributed by atoms with Gasteiger partial charge in [-0.3, -0.25) is 4.79 Å². The van der Waals surface area contributed by atoms with Crippen LogP contribution in [-0.4, -0.2) is 29.7 Å². The third-order valence-electron chi connectivity index (χ3n) is 1.51. The molecule has 1 rings (SSSR count). The lowest BCUT2D eigenvalue weighted by Crippen LogP contribution is -2.56. The first-order valence-electron chi connectivity index (χ1n) is 4.04. The minimum Gasteiger partial charge on any atom is -0.421 e. The third kappa shape index (κ3) is 2.21. The Morgan fingerprint density at radius 3 is 2.07 bits per heavy atom. The van der Waals surface area contributed by atoms with Crippen molar-refractivity contribution in [2.75, 3.05) is 0 Å². The van der Waals surface area contributed by atoms with Crippen LogP contribution in [0.4, 0.5) is 0 Å². The molecule has 6 heteroatoms. The van der Waals surface area contributed by atoms with E-state index in [-0.39, 0.29) is 0 Å². The first kappa shape index (κ1) is 10.5. The maximum atomic E-state index is 11.2. The van der Waals surface area contributed by atoms with E-state index in [9.17, 15) is 14.4 Å². The predicted molar refractivity (Wildman–Crippen MR) is 43.9 cm³/mol. The SMILES string of the molecule is CC(=O)NC1C(=O)OC(C)(C)OC1=O. The predicted octanol–water partition coefficient (Wildman–Crippen LogP) is -0.673. The fraction of sp³-hybridized carbons (Fsp3) is 0.625. The molecule has 1 N–H and O–H groups in total. The number of cyclic esters (lactones) is 2. The van der Waals surface area contributed by atoms with E-state index >= 15 is 0 Å². The zero-order chi connectivity index (χ0) is 10.9. The molecular formula is C8H11NO5. The van der Waals surface area contributed by atoms with Crippen LogP contribution in [-0.2, 0) is 23.9 Å². The summed E-state index contributed by atoms with van der Waals surface area (Å²) in [6.07, 6.45) is 0. The van der Waals surface area contributed by atoms with Crippen molar-refractivity contribution in [3.05, 3.63) is 0 Å². The molecule has 0 aromatic carbocycles. The van der Waals surface area contributed by atoms with Gasteiger partial charge in [-0.15, -0.1) is 0 Å². The van der Waals surface area contributed by atoms with E-state index in [4.69, 9.17) is 9.47 Å². The average Bonchev–Trinajstić information content (AvgIpc) is 1.94. The van der Waals surface area contributed by atoms with E-state index in [2.05, 4.69) is 5.32 Å². The Bertz CT molecular complexity index is 276. The minimum atomic E-state index is -1.35. The van der Waals surface area contributed by atoms with E-state index in [1.54, 1.807) is 0 Å². The molecule has 1 fully saturated rings. The summed E-state index contributed by atoms with van der Waals surface area (Å²) >= 11 is 0. The number of amides is 1. The van der Waals surface area contributed by atoms with Gasteiger partial charge in [0.25, 0.3) is 5.79 Å². The normalized spacial score (nSPS) is 21.1. The molecule has 0 saturated carbocycles. The number of ether oxygens (including phenoxy) is 2. The number of rotatable bonds is 1. The summed E-state index contributed by atoms with van der Waals surface area (Å²) < 4.78 is 9.52. The summed E-state index contributed by atoms with van der Waals surface area (Å²) in [5.41, 5.74) is 0. The Labute approximate surface area is 80.5 Å². The molecule has 0 atom stereocenters. The molecule has 0 bridgehead atoms. The van der Waals surface area contributed by atoms with E-state index in [0.717, 1.165) is 0 Å². The lowest BCUT2D eigenvalue weighted by molar-refractivity contribution is -0.235. The van der Waals surface area contributed by atoms with E-state index < -0.39 is 29.7 Å². The number of carbonyl (C=O) groups is 3. The highest BCUT2D eigenvalue weighted by atomic mass is 16.7. The first-order chi connectivity index (χ1) is 6.32. The number of nitrogens with one attached hydrogen (secondary N) is 1. The van der Waals surface area contributed by atoms with E-state index in [1.807, 2.05) is 0 Å². The molecular weight excluding hydrogens is 190 g/mol. The fourth-order valence-corrected chi connectivity index (χ4v) is 1.04. The summed E-state index contributed by atoms with van der Waals surface area (Å²) in [6, 6.07) is -1.35. The molecule has 0 aromatic rings. The van der Waals surface area contributed by atoms with Crippen molar-refractivity contribution < 1.29 is 23.9 Å². The molecule has 14 heavy (non-hydrogen) atoms. The Hall–Kier alpha value is -1.59. The molecule has 1 amide bonds. The van der Waals surface area contributed by atoms with Gasteiger partial charge in [-0.25, -0.2) is 9.59 Å². The maximum Gasteiger partial charge on any atom is 0.343 e. The smallest absolute Gasteiger partial charge is 0.343 e. The zero-order valence-corrected chi connectivity index (χ0v) is 8.12. The van der Waals surface area contributed by atoms with Gasteiger partial charge < -0.3 is 14.8 Å². The van der Waals surface area contributed by atoms with Gasteiger partial charge in [0.15, 0.2) is 0 Å². The Morgan fingerprint density at radius 2 is 1.71 bits per heavy atom. The summed E-state index contributed by atoms with van der Waals surface area (Å²) in [4.78, 5) is 33.1. The molecule has 6 nitrogen and oxygen atoms in total. The average molecular weight is 201 g/mol. The fourth-order valence-electron chi connectivity index (χ4n) is 1.04. The standard InChI is InChI=1S/C8H11NO5/c1-4(10)9-5-6(11)13-8(2,3)14-7(5)12/h5H,1-3H3,(H,9,10). The molecule has 1 heterocycles. The van der Waals surface area contributed by atoms with Crippen LogP contribution < -0.4 is 5.32 Å². The van der Waals surface area contributed by atoms with Gasteiger partial charge in [-0.2, -0.15) is 0 Å². The Balaban J connectivity index is 2.76. The van der Waals surface area contributed by atoms with Crippen LogP contribution in [0.15, 0.2) is 0 Å². The van der Waals surface area contributed by atoms with Crippen LogP contribution in [0.3, 0.4) is 0 Å². The first-order valence-corrected chi connectivity index (χ1v) is 4.04. The van der Waals surface area contributed by atoms with Crippen molar-refractivity contribution >= 4 is 17.8 Å². The monoisotopic (exact) mass is 201 g/mol. The summed E-state index contributed by atoms with van der Waals surface area (Å²) in [6.45, 7) is 4.07. The Kier molecular flexibility index (Phi) is 2.46. The highest BCUT2D eigenvalue weighted by Crippen LogP contribution is 2.19. The van der Waals surface area contributed by atoms with Crippen molar-refractivity contribution in [1.29, 1.82) is 0 Å². The second-order valence-electron chi connectivity index (χ2n) is 3.38. The summed E-state index contributed by atoms with van der Waals surface area (Å²) in [5.74, 6) is -3.37. The van der Waals surface area contributed by atoms with Crippen molar-refractivity contribution in [1.82, 2.24) is 5.32 Å². The topological polar surface area (TPSA) is 81.7 Å². The molecule has 78 valence electrons. The van der Waals surface area contributed by atoms with Crippen molar-refractivity contribution in [2.24, 2.45) is 0 Å². The molecule has 0 aliphatic carbocycles. The van der Waals surface area contributed by atoms with Crippen LogP contribution in [0.2, 0.25) is 0 Å². The van der Waals surface area contributed by atoms with Gasteiger partial charge in [0.1, 0.15) is 0 Å². The van der Waals surface area contributed by atoms with Gasteiger partial charge >= 0.3 is 11.9 Å². The third-order valence-corrected chi connectivity index (χ3v) is 1.51. The lowest BCUT2D eigenvalue weighted by Gasteiger charge is -2.32. The second-order valence-corrected chi connectivity index (χ2v) is 3.38. The number of esters is 2. The maximum absolute atomic E-state index is 11.2. The van der Waals surface area contributed by atoms with Gasteiger partial charge in [0.2, 0.25) is 11.9 Å². The Morgan fingerprint density at radius 1 is 1.29 bits per heavy atom. The molecule has 1 aliphatic rings. The minimum absolute atomic E-state index is 0.497. The van der Waals surface area contributed by atoms with Crippen molar-refractivity contribution in [3.8, 4) is 0 Å². The highest BCUT2D eigenvalue weighted by molar-refractivity contribution is 6.03. The molecule has 0 radical (unpaired) electrons. The molecule has 0 spiro atoms. The van der Waals surface area contributed by atoms with Gasteiger partial charge in [0, 0.05) is 20.8 Å². The molecule has 0 unspecified atom stereocenters. The van der Waals surface area contributed by atoms with Crippen LogP contribution in [0.25, 0.3) is 0 Å². The number of hydrogen-bond acceptors (Lipinski definition) is 5. The van der Waals surface area contributed by atoms with Gasteiger partial charge in [-0.05, 0) is 0 Å². The lowest BCUT2D eigenvalue weighted by atomic mass is 10.2. The van der Waals surface area contributed by atoms with Crippen LogP contribution in [0.1, 0.15) is 20.8 Å². The summed E-state index contributed by atoms with van der Waals surface area (Å²) in [5, 5.41) is 2.13. The van der Waals surface area contributed by atoms with Crippen molar-refractivity contribution in [2.45, 2.75) is 32.6 Å². The van der Waals surface area contributed by atoms with Crippen molar-refractivity contribution in [3.63, 3.8) is 0 Å². The van der Waals surface area contributed by atoms with Crippen LogP contribution >= 0.6 is 0 Å². The number of hydrogen-bond donors (Lipinski definition) is 1. The molecule has 1 aliphatic heterocycles. The zero-order valence-electron chi connectivity index (χ0n) is 8.12. The van der Waals surface area contributed by atoms with E-state index in [0.29, 0.717) is 0 Å². The second kappa shape index (κ2) is 3.28. The largest absolute Gasteiger partial charge is 0.421 e. The van der Waals surface area contributed by atoms with Crippen LogP contribution in [0.5, 0.6) is 0 Å². The summed E-state index contributed by atoms with van der Waals surface area (Å²) in [7, 11) is 0.